The number of hydrogen-bond donors (Lipinski definition) is 2. The topological polar surface area (TPSA) is 47.3 Å². The largest absolute Gasteiger partial charge is 0.418 e. The number of benzene rings is 1. The van der Waals surface area contributed by atoms with E-state index >= 15 is 0 Å². The summed E-state index contributed by atoms with van der Waals surface area (Å²) in [6.07, 6.45) is -3.90. The maximum atomic E-state index is 13.0. The van der Waals surface area contributed by atoms with Gasteiger partial charge >= 0.3 is 6.18 Å². The number of anilines is 1. The number of nitrogens with two attached hydrogens (primary N) is 1. The van der Waals surface area contributed by atoms with Crippen molar-refractivity contribution >= 4 is 21.6 Å². The molecule has 3 atom stereocenters. The second-order valence-electron chi connectivity index (χ2n) is 4.75. The third-order valence-electron chi connectivity index (χ3n) is 3.36. The molecule has 1 aromatic rings. The van der Waals surface area contributed by atoms with Crippen LogP contribution < -0.4 is 11.1 Å². The fourth-order valence-electron chi connectivity index (χ4n) is 2.28. The molecule has 20 heavy (non-hydrogen) atoms. The Balaban J connectivity index is 2.21. The van der Waals surface area contributed by atoms with Crippen LogP contribution in [0, 0.1) is 0 Å². The van der Waals surface area contributed by atoms with Gasteiger partial charge in [0.1, 0.15) is 0 Å². The van der Waals surface area contributed by atoms with E-state index in [0.717, 1.165) is 6.07 Å². The molecule has 0 saturated heterocycles. The number of halogens is 4. The monoisotopic (exact) mass is 352 g/mol. The van der Waals surface area contributed by atoms with Crippen LogP contribution in [0.2, 0.25) is 0 Å². The van der Waals surface area contributed by atoms with Crippen molar-refractivity contribution in [3.05, 3.63) is 28.2 Å². The van der Waals surface area contributed by atoms with Crippen LogP contribution in [0.5, 0.6) is 0 Å². The molecule has 0 bridgehead atoms. The molecule has 3 unspecified atom stereocenters. The highest BCUT2D eigenvalue weighted by Gasteiger charge is 2.41. The van der Waals surface area contributed by atoms with E-state index in [2.05, 4.69) is 21.2 Å². The van der Waals surface area contributed by atoms with Gasteiger partial charge in [0.2, 0.25) is 0 Å². The van der Waals surface area contributed by atoms with Crippen molar-refractivity contribution in [2.45, 2.75) is 37.7 Å². The van der Waals surface area contributed by atoms with Crippen LogP contribution in [0.4, 0.5) is 18.9 Å². The molecule has 3 nitrogen and oxygen atoms in total. The van der Waals surface area contributed by atoms with Gasteiger partial charge in [-0.15, -0.1) is 0 Å². The highest BCUT2D eigenvalue weighted by Crippen LogP contribution is 2.38. The Morgan fingerprint density at radius 3 is 2.70 bits per heavy atom. The Hall–Kier alpha value is -0.790. The van der Waals surface area contributed by atoms with E-state index < -0.39 is 11.7 Å². The molecule has 2 rings (SSSR count). The van der Waals surface area contributed by atoms with Gasteiger partial charge in [-0.3, -0.25) is 0 Å². The van der Waals surface area contributed by atoms with Crippen molar-refractivity contribution in [2.75, 3.05) is 11.9 Å². The van der Waals surface area contributed by atoms with E-state index in [9.17, 15) is 13.2 Å². The van der Waals surface area contributed by atoms with E-state index in [0.29, 0.717) is 17.5 Å². The number of hydrogen-bond acceptors (Lipinski definition) is 3. The maximum Gasteiger partial charge on any atom is 0.418 e. The van der Waals surface area contributed by atoms with Crippen molar-refractivity contribution in [3.8, 4) is 0 Å². The molecule has 1 fully saturated rings. The number of rotatable bonds is 4. The standard InChI is InChI=1S/C13H16BrF3N2O/c1-2-20-11-6-9(18)12(11)19-10-4-3-7(14)5-8(10)13(15,16)17/h3-5,9,11-12,19H,2,6,18H2,1H3. The third-order valence-corrected chi connectivity index (χ3v) is 3.85. The second-order valence-corrected chi connectivity index (χ2v) is 5.67. The molecule has 0 heterocycles. The van der Waals surface area contributed by atoms with Crippen LogP contribution in [0.1, 0.15) is 18.9 Å². The lowest BCUT2D eigenvalue weighted by atomic mass is 9.83. The molecule has 3 N–H and O–H groups in total. The van der Waals surface area contributed by atoms with Crippen molar-refractivity contribution in [3.63, 3.8) is 0 Å². The Bertz CT molecular complexity index is 479. The zero-order chi connectivity index (χ0) is 14.9. The first kappa shape index (κ1) is 15.6. The summed E-state index contributed by atoms with van der Waals surface area (Å²) < 4.78 is 44.9. The van der Waals surface area contributed by atoms with E-state index in [4.69, 9.17) is 10.5 Å². The van der Waals surface area contributed by atoms with Crippen LogP contribution in [0.15, 0.2) is 22.7 Å². The summed E-state index contributed by atoms with van der Waals surface area (Å²) in [5, 5.41) is 2.87. The first-order chi connectivity index (χ1) is 9.32. The van der Waals surface area contributed by atoms with Crippen molar-refractivity contribution in [1.82, 2.24) is 0 Å². The Morgan fingerprint density at radius 1 is 1.45 bits per heavy atom. The third kappa shape index (κ3) is 3.27. The van der Waals surface area contributed by atoms with E-state index in [1.165, 1.54) is 6.07 Å². The molecular formula is C13H16BrF3N2O. The highest BCUT2D eigenvalue weighted by atomic mass is 79.9. The first-order valence-corrected chi connectivity index (χ1v) is 7.12. The molecule has 0 spiro atoms. The smallest absolute Gasteiger partial charge is 0.378 e. The van der Waals surface area contributed by atoms with Crippen LogP contribution >= 0.6 is 15.9 Å². The SMILES string of the molecule is CCOC1CC(N)C1Nc1ccc(Br)cc1C(F)(F)F. The van der Waals surface area contributed by atoms with E-state index in [1.807, 2.05) is 6.92 Å². The summed E-state index contributed by atoms with van der Waals surface area (Å²) in [4.78, 5) is 0. The van der Waals surface area contributed by atoms with Gasteiger partial charge in [-0.2, -0.15) is 13.2 Å². The highest BCUT2D eigenvalue weighted by molar-refractivity contribution is 9.10. The zero-order valence-corrected chi connectivity index (χ0v) is 12.5. The quantitative estimate of drug-likeness (QED) is 0.873. The molecule has 1 saturated carbocycles. The van der Waals surface area contributed by atoms with Crippen LogP contribution in [0.25, 0.3) is 0 Å². The second kappa shape index (κ2) is 5.91. The molecule has 1 aliphatic rings. The van der Waals surface area contributed by atoms with Crippen molar-refractivity contribution in [2.24, 2.45) is 5.73 Å². The average molecular weight is 353 g/mol. The molecule has 1 aromatic carbocycles. The number of alkyl halides is 3. The fraction of sp³-hybridized carbons (Fsp3) is 0.538. The molecule has 7 heteroatoms. The average Bonchev–Trinajstić information content (AvgIpc) is 2.36. The predicted octanol–water partition coefficient (Wildman–Crippen LogP) is 3.38. The van der Waals surface area contributed by atoms with Gasteiger partial charge in [0, 0.05) is 22.8 Å². The van der Waals surface area contributed by atoms with Gasteiger partial charge in [0.15, 0.2) is 0 Å². The summed E-state index contributed by atoms with van der Waals surface area (Å²) in [6.45, 7) is 2.36. The Morgan fingerprint density at radius 2 is 2.15 bits per heavy atom. The van der Waals surface area contributed by atoms with Crippen LogP contribution in [-0.4, -0.2) is 24.8 Å². The number of ether oxygens (including phenoxy) is 1. The van der Waals surface area contributed by atoms with Crippen molar-refractivity contribution < 1.29 is 17.9 Å². The summed E-state index contributed by atoms with van der Waals surface area (Å²) >= 11 is 3.06. The van der Waals surface area contributed by atoms with E-state index in [1.54, 1.807) is 6.07 Å². The lowest BCUT2D eigenvalue weighted by molar-refractivity contribution is -0.137. The van der Waals surface area contributed by atoms with Crippen LogP contribution in [0.3, 0.4) is 0 Å². The molecule has 0 amide bonds. The molecular weight excluding hydrogens is 337 g/mol. The molecule has 0 aliphatic heterocycles. The van der Waals surface area contributed by atoms with Crippen LogP contribution in [-0.2, 0) is 10.9 Å². The van der Waals surface area contributed by atoms with E-state index in [-0.39, 0.29) is 23.9 Å². The van der Waals surface area contributed by atoms with Gasteiger partial charge < -0.3 is 15.8 Å². The summed E-state index contributed by atoms with van der Waals surface area (Å²) in [6, 6.07) is 3.54. The van der Waals surface area contributed by atoms with Gasteiger partial charge in [-0.05, 0) is 31.5 Å². The summed E-state index contributed by atoms with van der Waals surface area (Å²) in [5.74, 6) is 0. The lowest BCUT2D eigenvalue weighted by Gasteiger charge is -2.43. The normalized spacial score (nSPS) is 26.2. The summed E-state index contributed by atoms with van der Waals surface area (Å²) in [5.41, 5.74) is 5.17. The van der Waals surface area contributed by atoms with Gasteiger partial charge in [0.25, 0.3) is 0 Å². The Labute approximate surface area is 123 Å². The van der Waals surface area contributed by atoms with Gasteiger partial charge in [-0.1, -0.05) is 15.9 Å². The molecule has 112 valence electrons. The van der Waals surface area contributed by atoms with Gasteiger partial charge in [-0.25, -0.2) is 0 Å². The fourth-order valence-corrected chi connectivity index (χ4v) is 2.64. The zero-order valence-electron chi connectivity index (χ0n) is 10.9. The molecule has 0 radical (unpaired) electrons. The van der Waals surface area contributed by atoms with Crippen molar-refractivity contribution in [1.29, 1.82) is 0 Å². The molecule has 0 aromatic heterocycles. The maximum absolute atomic E-state index is 13.0. The molecule has 1 aliphatic carbocycles. The predicted molar refractivity (Wildman–Crippen MR) is 74.6 cm³/mol. The van der Waals surface area contributed by atoms with Gasteiger partial charge in [0.05, 0.1) is 17.7 Å². The number of nitrogens with one attached hydrogen (secondary N) is 1. The lowest BCUT2D eigenvalue weighted by Crippen LogP contribution is -2.60. The minimum atomic E-state index is -4.42. The Kier molecular flexibility index (Phi) is 4.61. The first-order valence-electron chi connectivity index (χ1n) is 6.33. The minimum Gasteiger partial charge on any atom is -0.378 e. The summed E-state index contributed by atoms with van der Waals surface area (Å²) in [7, 11) is 0. The minimum absolute atomic E-state index is 0.0329.